The van der Waals surface area contributed by atoms with Gasteiger partial charge in [0.2, 0.25) is 5.91 Å². The molecule has 1 unspecified atom stereocenters. The maximum absolute atomic E-state index is 11.9. The molecule has 0 aromatic carbocycles. The van der Waals surface area contributed by atoms with Gasteiger partial charge in [0.05, 0.1) is 0 Å². The highest BCUT2D eigenvalue weighted by atomic mass is 79.9. The van der Waals surface area contributed by atoms with Crippen LogP contribution in [-0.4, -0.2) is 16.8 Å². The SMILES string of the molecule is CC(C(=O)NC1CCC(Br)CC1)C1CC1. The van der Waals surface area contributed by atoms with Gasteiger partial charge in [-0.1, -0.05) is 22.9 Å². The Kier molecular flexibility index (Phi) is 3.70. The van der Waals surface area contributed by atoms with E-state index in [4.69, 9.17) is 0 Å². The predicted molar refractivity (Wildman–Crippen MR) is 65.0 cm³/mol. The molecule has 0 heterocycles. The first kappa shape index (κ1) is 11.4. The average molecular weight is 274 g/mol. The Morgan fingerprint density at radius 1 is 1.20 bits per heavy atom. The molecule has 2 fully saturated rings. The molecular weight excluding hydrogens is 254 g/mol. The highest BCUT2D eigenvalue weighted by Gasteiger charge is 2.33. The van der Waals surface area contributed by atoms with Gasteiger partial charge in [-0.2, -0.15) is 0 Å². The Morgan fingerprint density at radius 3 is 2.33 bits per heavy atom. The molecule has 0 aliphatic heterocycles. The molecule has 2 saturated carbocycles. The van der Waals surface area contributed by atoms with Crippen LogP contribution in [-0.2, 0) is 4.79 Å². The van der Waals surface area contributed by atoms with Crippen molar-refractivity contribution in [3.05, 3.63) is 0 Å². The lowest BCUT2D eigenvalue weighted by Crippen LogP contribution is -2.40. The van der Waals surface area contributed by atoms with Crippen molar-refractivity contribution in [1.82, 2.24) is 5.32 Å². The molecule has 2 aliphatic rings. The summed E-state index contributed by atoms with van der Waals surface area (Å²) in [5.41, 5.74) is 0. The van der Waals surface area contributed by atoms with Crippen LogP contribution in [0.25, 0.3) is 0 Å². The first-order valence-corrected chi connectivity index (χ1v) is 7.03. The second kappa shape index (κ2) is 4.86. The molecule has 0 aromatic rings. The van der Waals surface area contributed by atoms with Crippen LogP contribution in [0.4, 0.5) is 0 Å². The molecule has 15 heavy (non-hydrogen) atoms. The van der Waals surface area contributed by atoms with E-state index in [0.717, 1.165) is 12.8 Å². The highest BCUT2D eigenvalue weighted by Crippen LogP contribution is 2.36. The number of alkyl halides is 1. The van der Waals surface area contributed by atoms with Gasteiger partial charge in [0.1, 0.15) is 0 Å². The van der Waals surface area contributed by atoms with E-state index in [1.807, 2.05) is 0 Å². The first-order valence-electron chi connectivity index (χ1n) is 6.11. The zero-order valence-electron chi connectivity index (χ0n) is 9.34. The van der Waals surface area contributed by atoms with Crippen LogP contribution in [0.5, 0.6) is 0 Å². The molecular formula is C12H20BrNO. The lowest BCUT2D eigenvalue weighted by Gasteiger charge is -2.27. The Morgan fingerprint density at radius 2 is 1.80 bits per heavy atom. The van der Waals surface area contributed by atoms with Crippen molar-refractivity contribution in [2.75, 3.05) is 0 Å². The number of rotatable bonds is 3. The summed E-state index contributed by atoms with van der Waals surface area (Å²) in [7, 11) is 0. The molecule has 0 aromatic heterocycles. The third-order valence-corrected chi connectivity index (χ3v) is 4.66. The fraction of sp³-hybridized carbons (Fsp3) is 0.917. The zero-order valence-corrected chi connectivity index (χ0v) is 10.9. The lowest BCUT2D eigenvalue weighted by atomic mass is 9.94. The van der Waals surface area contributed by atoms with Gasteiger partial charge in [0.25, 0.3) is 0 Å². The molecule has 1 atom stereocenters. The second-order valence-electron chi connectivity index (χ2n) is 5.08. The third-order valence-electron chi connectivity index (χ3n) is 3.75. The minimum atomic E-state index is 0.242. The number of carbonyl (C=O) groups excluding carboxylic acids is 1. The van der Waals surface area contributed by atoms with E-state index < -0.39 is 0 Å². The molecule has 2 aliphatic carbocycles. The van der Waals surface area contributed by atoms with Crippen molar-refractivity contribution in [2.45, 2.75) is 56.3 Å². The number of carbonyl (C=O) groups is 1. The topological polar surface area (TPSA) is 29.1 Å². The quantitative estimate of drug-likeness (QED) is 0.788. The minimum Gasteiger partial charge on any atom is -0.353 e. The molecule has 1 amide bonds. The van der Waals surface area contributed by atoms with Crippen LogP contribution in [0, 0.1) is 11.8 Å². The summed E-state index contributed by atoms with van der Waals surface area (Å²) in [6, 6.07) is 0.437. The zero-order chi connectivity index (χ0) is 10.8. The maximum Gasteiger partial charge on any atom is 0.223 e. The van der Waals surface area contributed by atoms with Crippen molar-refractivity contribution >= 4 is 21.8 Å². The van der Waals surface area contributed by atoms with Gasteiger partial charge in [0.15, 0.2) is 0 Å². The summed E-state index contributed by atoms with van der Waals surface area (Å²) in [5, 5.41) is 3.20. The lowest BCUT2D eigenvalue weighted by molar-refractivity contribution is -0.126. The molecule has 0 saturated heterocycles. The molecule has 0 radical (unpaired) electrons. The van der Waals surface area contributed by atoms with E-state index in [1.165, 1.54) is 25.7 Å². The van der Waals surface area contributed by atoms with Crippen LogP contribution in [0.15, 0.2) is 0 Å². The summed E-state index contributed by atoms with van der Waals surface area (Å²) in [5.74, 6) is 1.21. The van der Waals surface area contributed by atoms with Gasteiger partial charge in [-0.3, -0.25) is 4.79 Å². The molecule has 3 heteroatoms. The smallest absolute Gasteiger partial charge is 0.223 e. The fourth-order valence-electron chi connectivity index (χ4n) is 2.34. The van der Waals surface area contributed by atoms with Crippen LogP contribution in [0.2, 0.25) is 0 Å². The number of hydrogen-bond donors (Lipinski definition) is 1. The van der Waals surface area contributed by atoms with Crippen molar-refractivity contribution in [3.63, 3.8) is 0 Å². The fourth-order valence-corrected chi connectivity index (χ4v) is 2.87. The summed E-state index contributed by atoms with van der Waals surface area (Å²) in [4.78, 5) is 12.5. The maximum atomic E-state index is 11.9. The van der Waals surface area contributed by atoms with E-state index >= 15 is 0 Å². The Balaban J connectivity index is 1.73. The molecule has 1 N–H and O–H groups in total. The van der Waals surface area contributed by atoms with E-state index in [2.05, 4.69) is 28.2 Å². The summed E-state index contributed by atoms with van der Waals surface area (Å²) < 4.78 is 0. The number of halogens is 1. The average Bonchev–Trinajstić information content (AvgIpc) is 3.04. The van der Waals surface area contributed by atoms with Crippen molar-refractivity contribution in [2.24, 2.45) is 11.8 Å². The second-order valence-corrected chi connectivity index (χ2v) is 6.38. The number of nitrogens with one attached hydrogen (secondary N) is 1. The van der Waals surface area contributed by atoms with E-state index in [-0.39, 0.29) is 11.8 Å². The van der Waals surface area contributed by atoms with Crippen molar-refractivity contribution < 1.29 is 4.79 Å². The normalized spacial score (nSPS) is 33.5. The molecule has 2 nitrogen and oxygen atoms in total. The van der Waals surface area contributed by atoms with E-state index in [1.54, 1.807) is 0 Å². The Labute approximate surface area is 100 Å². The molecule has 0 spiro atoms. The van der Waals surface area contributed by atoms with E-state index in [0.29, 0.717) is 16.8 Å². The predicted octanol–water partition coefficient (Wildman–Crippen LogP) is 2.85. The highest BCUT2D eigenvalue weighted by molar-refractivity contribution is 9.09. The van der Waals surface area contributed by atoms with Crippen molar-refractivity contribution in [1.29, 1.82) is 0 Å². The molecule has 2 rings (SSSR count). The first-order chi connectivity index (χ1) is 7.16. The summed E-state index contributed by atoms with van der Waals surface area (Å²) in [6.07, 6.45) is 7.18. The van der Waals surface area contributed by atoms with Gasteiger partial charge >= 0.3 is 0 Å². The third kappa shape index (κ3) is 3.20. The Bertz CT molecular complexity index is 232. The minimum absolute atomic E-state index is 0.242. The summed E-state index contributed by atoms with van der Waals surface area (Å²) in [6.45, 7) is 2.07. The van der Waals surface area contributed by atoms with Gasteiger partial charge in [0, 0.05) is 16.8 Å². The van der Waals surface area contributed by atoms with Crippen LogP contribution in [0.3, 0.4) is 0 Å². The van der Waals surface area contributed by atoms with Crippen LogP contribution < -0.4 is 5.32 Å². The van der Waals surface area contributed by atoms with E-state index in [9.17, 15) is 4.79 Å². The van der Waals surface area contributed by atoms with Crippen LogP contribution >= 0.6 is 15.9 Å². The van der Waals surface area contributed by atoms with Gasteiger partial charge in [-0.15, -0.1) is 0 Å². The number of hydrogen-bond acceptors (Lipinski definition) is 1. The van der Waals surface area contributed by atoms with Gasteiger partial charge in [-0.25, -0.2) is 0 Å². The van der Waals surface area contributed by atoms with Gasteiger partial charge in [-0.05, 0) is 44.4 Å². The number of amides is 1. The molecule has 86 valence electrons. The summed E-state index contributed by atoms with van der Waals surface area (Å²) >= 11 is 3.63. The molecule has 0 bridgehead atoms. The van der Waals surface area contributed by atoms with Crippen LogP contribution in [0.1, 0.15) is 45.4 Å². The largest absolute Gasteiger partial charge is 0.353 e. The standard InChI is InChI=1S/C12H20BrNO/c1-8(9-2-3-9)12(15)14-11-6-4-10(13)5-7-11/h8-11H,2-7H2,1H3,(H,14,15). The van der Waals surface area contributed by atoms with Crippen molar-refractivity contribution in [3.8, 4) is 0 Å². The monoisotopic (exact) mass is 273 g/mol. The Hall–Kier alpha value is -0.0500. The van der Waals surface area contributed by atoms with Gasteiger partial charge < -0.3 is 5.32 Å².